The summed E-state index contributed by atoms with van der Waals surface area (Å²) >= 11 is 0. The fourth-order valence-corrected chi connectivity index (χ4v) is 2.65. The molecule has 0 aliphatic carbocycles. The van der Waals surface area contributed by atoms with Gasteiger partial charge in [-0.15, -0.1) is 0 Å². The van der Waals surface area contributed by atoms with Crippen molar-refractivity contribution >= 4 is 22.9 Å². The second-order valence-corrected chi connectivity index (χ2v) is 5.85. The smallest absolute Gasteiger partial charge is 0.165 e. The van der Waals surface area contributed by atoms with E-state index in [0.29, 0.717) is 16.9 Å². The molecule has 0 radical (unpaired) electrons. The van der Waals surface area contributed by atoms with Gasteiger partial charge >= 0.3 is 0 Å². The number of rotatable bonds is 4. The van der Waals surface area contributed by atoms with E-state index >= 15 is 0 Å². The van der Waals surface area contributed by atoms with Gasteiger partial charge in [-0.1, -0.05) is 24.3 Å². The van der Waals surface area contributed by atoms with Crippen LogP contribution in [0.1, 0.15) is 5.56 Å². The van der Waals surface area contributed by atoms with Gasteiger partial charge in [-0.3, -0.25) is 5.43 Å². The zero-order chi connectivity index (χ0) is 18.6. The van der Waals surface area contributed by atoms with E-state index in [4.69, 9.17) is 0 Å². The molecule has 0 unspecified atom stereocenters. The van der Waals surface area contributed by atoms with E-state index in [1.54, 1.807) is 48.7 Å². The maximum Gasteiger partial charge on any atom is 0.165 e. The van der Waals surface area contributed by atoms with E-state index in [0.717, 1.165) is 10.9 Å². The molecule has 0 spiro atoms. The second-order valence-electron chi connectivity index (χ2n) is 5.85. The van der Waals surface area contributed by atoms with Crippen LogP contribution in [-0.2, 0) is 0 Å². The van der Waals surface area contributed by atoms with Crippen LogP contribution >= 0.6 is 0 Å². The lowest BCUT2D eigenvalue weighted by atomic mass is 10.1. The summed E-state index contributed by atoms with van der Waals surface area (Å²) in [6, 6.07) is 20.5. The Balaban J connectivity index is 1.72. The molecule has 0 amide bonds. The molecule has 4 aromatic rings. The predicted molar refractivity (Wildman–Crippen MR) is 104 cm³/mol. The summed E-state index contributed by atoms with van der Waals surface area (Å²) in [5.74, 6) is 0.575. The molecule has 0 bridgehead atoms. The Labute approximate surface area is 154 Å². The topological polar surface area (TPSA) is 70.4 Å². The van der Waals surface area contributed by atoms with Gasteiger partial charge in [-0.05, 0) is 54.1 Å². The van der Waals surface area contributed by atoms with Crippen molar-refractivity contribution < 1.29 is 9.50 Å². The Bertz CT molecular complexity index is 1130. The Morgan fingerprint density at radius 3 is 2.44 bits per heavy atom. The molecule has 4 rings (SSSR count). The third-order valence-electron chi connectivity index (χ3n) is 4.00. The van der Waals surface area contributed by atoms with Crippen LogP contribution in [0.4, 0.5) is 10.2 Å². The number of hydrogen-bond donors (Lipinski definition) is 2. The number of benzene rings is 3. The van der Waals surface area contributed by atoms with Gasteiger partial charge in [0.25, 0.3) is 0 Å². The number of fused-ring (bicyclic) bond motifs is 1. The highest BCUT2D eigenvalue weighted by molar-refractivity contribution is 5.91. The van der Waals surface area contributed by atoms with E-state index in [2.05, 4.69) is 20.5 Å². The highest BCUT2D eigenvalue weighted by Crippen LogP contribution is 2.26. The molecule has 0 fully saturated rings. The van der Waals surface area contributed by atoms with Gasteiger partial charge in [0, 0.05) is 5.39 Å². The van der Waals surface area contributed by atoms with E-state index in [1.165, 1.54) is 6.07 Å². The van der Waals surface area contributed by atoms with Gasteiger partial charge < -0.3 is 5.11 Å². The monoisotopic (exact) mass is 358 g/mol. The standard InChI is InChI=1S/C21H15FN4O/c22-18-7-3-1-5-16(18)20-24-19-8-4-2-6-17(19)21(25-20)26-23-13-14-9-11-15(27)12-10-14/h1-13,27H,(H,24,25,26). The lowest BCUT2D eigenvalue weighted by Gasteiger charge is -2.08. The van der Waals surface area contributed by atoms with E-state index in [-0.39, 0.29) is 17.4 Å². The van der Waals surface area contributed by atoms with Gasteiger partial charge in [-0.2, -0.15) is 5.10 Å². The molecule has 0 atom stereocenters. The van der Waals surface area contributed by atoms with E-state index in [9.17, 15) is 9.50 Å². The number of aromatic nitrogens is 2. The van der Waals surface area contributed by atoms with Crippen molar-refractivity contribution in [3.8, 4) is 17.1 Å². The third-order valence-corrected chi connectivity index (χ3v) is 4.00. The van der Waals surface area contributed by atoms with Crippen LogP contribution in [0.5, 0.6) is 5.75 Å². The molecule has 6 heteroatoms. The lowest BCUT2D eigenvalue weighted by molar-refractivity contribution is 0.475. The minimum absolute atomic E-state index is 0.191. The first-order valence-electron chi connectivity index (χ1n) is 8.30. The maximum atomic E-state index is 14.2. The Hall–Kier alpha value is -3.80. The van der Waals surface area contributed by atoms with Crippen LogP contribution in [0.3, 0.4) is 0 Å². The summed E-state index contributed by atoms with van der Waals surface area (Å²) in [5, 5.41) is 14.3. The van der Waals surface area contributed by atoms with Gasteiger partial charge in [0.1, 0.15) is 11.6 Å². The van der Waals surface area contributed by atoms with E-state index in [1.807, 2.05) is 24.3 Å². The number of hydrazone groups is 1. The third kappa shape index (κ3) is 3.59. The normalized spacial score (nSPS) is 11.1. The summed E-state index contributed by atoms with van der Waals surface area (Å²) in [5.41, 5.74) is 4.74. The number of aromatic hydroxyl groups is 1. The van der Waals surface area contributed by atoms with Crippen molar-refractivity contribution in [1.29, 1.82) is 0 Å². The Morgan fingerprint density at radius 1 is 0.889 bits per heavy atom. The second kappa shape index (κ2) is 7.21. The van der Waals surface area contributed by atoms with Crippen LogP contribution in [0.2, 0.25) is 0 Å². The number of phenolic OH excluding ortho intramolecular Hbond substituents is 1. The fraction of sp³-hybridized carbons (Fsp3) is 0. The van der Waals surface area contributed by atoms with Crippen LogP contribution in [0, 0.1) is 5.82 Å². The van der Waals surface area contributed by atoms with Crippen molar-refractivity contribution in [2.75, 3.05) is 5.43 Å². The molecule has 0 saturated carbocycles. The SMILES string of the molecule is Oc1ccc(C=NNc2nc(-c3ccccc3F)nc3ccccc23)cc1. The summed E-state index contributed by atoms with van der Waals surface area (Å²) in [6.07, 6.45) is 1.61. The quantitative estimate of drug-likeness (QED) is 0.414. The van der Waals surface area contributed by atoms with Gasteiger partial charge in [0.2, 0.25) is 0 Å². The summed E-state index contributed by atoms with van der Waals surface area (Å²) in [4.78, 5) is 8.93. The summed E-state index contributed by atoms with van der Waals surface area (Å²) in [6.45, 7) is 0. The Morgan fingerprint density at radius 2 is 1.63 bits per heavy atom. The van der Waals surface area contributed by atoms with Gasteiger partial charge in [-0.25, -0.2) is 14.4 Å². The minimum atomic E-state index is -0.383. The highest BCUT2D eigenvalue weighted by Gasteiger charge is 2.11. The number of anilines is 1. The lowest BCUT2D eigenvalue weighted by Crippen LogP contribution is -2.00. The van der Waals surface area contributed by atoms with Gasteiger partial charge in [0.05, 0.1) is 17.3 Å². The first-order chi connectivity index (χ1) is 13.2. The minimum Gasteiger partial charge on any atom is -0.508 e. The molecule has 1 heterocycles. The molecular formula is C21H15FN4O. The van der Waals surface area contributed by atoms with Crippen LogP contribution < -0.4 is 5.43 Å². The summed E-state index contributed by atoms with van der Waals surface area (Å²) < 4.78 is 14.2. The number of phenols is 1. The number of nitrogens with zero attached hydrogens (tertiary/aromatic N) is 3. The molecule has 0 saturated heterocycles. The molecule has 0 aliphatic rings. The average Bonchev–Trinajstić information content (AvgIpc) is 2.69. The van der Waals surface area contributed by atoms with Crippen molar-refractivity contribution in [3.05, 3.63) is 84.2 Å². The average molecular weight is 358 g/mol. The van der Waals surface area contributed by atoms with Crippen LogP contribution in [0.15, 0.2) is 77.9 Å². The van der Waals surface area contributed by atoms with Crippen molar-refractivity contribution in [1.82, 2.24) is 9.97 Å². The molecule has 132 valence electrons. The van der Waals surface area contributed by atoms with Crippen molar-refractivity contribution in [3.63, 3.8) is 0 Å². The predicted octanol–water partition coefficient (Wildman–Crippen LogP) is 4.59. The Kier molecular flexibility index (Phi) is 4.45. The molecule has 2 N–H and O–H groups in total. The number of halogens is 1. The molecular weight excluding hydrogens is 343 g/mol. The maximum absolute atomic E-state index is 14.2. The largest absolute Gasteiger partial charge is 0.508 e. The zero-order valence-corrected chi connectivity index (χ0v) is 14.2. The van der Waals surface area contributed by atoms with E-state index < -0.39 is 0 Å². The van der Waals surface area contributed by atoms with Crippen molar-refractivity contribution in [2.24, 2.45) is 5.10 Å². The molecule has 5 nitrogen and oxygen atoms in total. The van der Waals surface area contributed by atoms with Crippen LogP contribution in [0.25, 0.3) is 22.3 Å². The molecule has 0 aliphatic heterocycles. The highest BCUT2D eigenvalue weighted by atomic mass is 19.1. The first kappa shape index (κ1) is 16.7. The van der Waals surface area contributed by atoms with Crippen LogP contribution in [-0.4, -0.2) is 21.3 Å². The number of hydrogen-bond acceptors (Lipinski definition) is 5. The van der Waals surface area contributed by atoms with Crippen molar-refractivity contribution in [2.45, 2.75) is 0 Å². The van der Waals surface area contributed by atoms with Gasteiger partial charge in [0.15, 0.2) is 11.6 Å². The molecule has 3 aromatic carbocycles. The first-order valence-corrected chi connectivity index (χ1v) is 8.30. The molecule has 27 heavy (non-hydrogen) atoms. The molecule has 1 aromatic heterocycles. The number of para-hydroxylation sites is 1. The number of nitrogens with one attached hydrogen (secondary N) is 1. The fourth-order valence-electron chi connectivity index (χ4n) is 2.65. The zero-order valence-electron chi connectivity index (χ0n) is 14.2. The summed E-state index contributed by atoms with van der Waals surface area (Å²) in [7, 11) is 0.